The number of rotatable bonds is 6. The monoisotopic (exact) mass is 412 g/mol. The van der Waals surface area contributed by atoms with Gasteiger partial charge in [0, 0.05) is 31.3 Å². The Bertz CT molecular complexity index is 1010. The van der Waals surface area contributed by atoms with Crippen LogP contribution in [0.3, 0.4) is 0 Å². The molecule has 6 nitrogen and oxygen atoms in total. The molecule has 1 aromatic heterocycles. The third-order valence-electron chi connectivity index (χ3n) is 5.56. The molecule has 1 aliphatic rings. The van der Waals surface area contributed by atoms with Gasteiger partial charge in [-0.2, -0.15) is 5.26 Å². The molecule has 156 valence electrons. The molecule has 3 aromatic rings. The van der Waals surface area contributed by atoms with Crippen LogP contribution in [0, 0.1) is 11.3 Å². The van der Waals surface area contributed by atoms with E-state index in [-0.39, 0.29) is 29.5 Å². The topological polar surface area (TPSA) is 79.1 Å². The Hall–Kier alpha value is -3.72. The molecule has 0 N–H and O–H groups in total. The number of hydrogen-bond acceptors (Lipinski definition) is 5. The molecule has 0 bridgehead atoms. The summed E-state index contributed by atoms with van der Waals surface area (Å²) in [6.45, 7) is 1.19. The van der Waals surface area contributed by atoms with Crippen molar-refractivity contribution in [3.05, 3.63) is 89.9 Å². The van der Waals surface area contributed by atoms with Crippen molar-refractivity contribution in [1.29, 1.82) is 5.26 Å². The summed E-state index contributed by atoms with van der Waals surface area (Å²) in [5, 5.41) is 9.21. The second-order valence-electron chi connectivity index (χ2n) is 7.62. The maximum atomic E-state index is 13.3. The van der Waals surface area contributed by atoms with Crippen LogP contribution < -0.4 is 4.74 Å². The van der Waals surface area contributed by atoms with E-state index in [1.807, 2.05) is 47.4 Å². The van der Waals surface area contributed by atoms with E-state index < -0.39 is 0 Å². The molecule has 31 heavy (non-hydrogen) atoms. The van der Waals surface area contributed by atoms with E-state index in [9.17, 15) is 10.1 Å². The molecule has 6 heteroatoms. The molecule has 1 saturated heterocycles. The first-order chi connectivity index (χ1) is 15.2. The van der Waals surface area contributed by atoms with Gasteiger partial charge >= 0.3 is 0 Å². The van der Waals surface area contributed by atoms with Crippen molar-refractivity contribution in [2.45, 2.75) is 31.3 Å². The Morgan fingerprint density at radius 1 is 1.06 bits per heavy atom. The van der Waals surface area contributed by atoms with Crippen LogP contribution in [0.2, 0.25) is 0 Å². The summed E-state index contributed by atoms with van der Waals surface area (Å²) < 4.78 is 5.94. The van der Waals surface area contributed by atoms with E-state index >= 15 is 0 Å². The molecule has 0 spiro atoms. The van der Waals surface area contributed by atoms with Crippen molar-refractivity contribution < 1.29 is 9.53 Å². The molecule has 2 aromatic carbocycles. The lowest BCUT2D eigenvalue weighted by atomic mass is 9.88. The highest BCUT2D eigenvalue weighted by Crippen LogP contribution is 2.29. The molecule has 1 fully saturated rings. The largest absolute Gasteiger partial charge is 0.470 e. The second-order valence-corrected chi connectivity index (χ2v) is 7.62. The fraction of sp³-hybridized carbons (Fsp3) is 0.280. The van der Waals surface area contributed by atoms with Crippen LogP contribution >= 0.6 is 0 Å². The number of nitriles is 1. The van der Waals surface area contributed by atoms with Crippen LogP contribution in [0.1, 0.15) is 42.0 Å². The Kier molecular flexibility index (Phi) is 6.53. The van der Waals surface area contributed by atoms with Gasteiger partial charge in [0.15, 0.2) is 0 Å². The quantitative estimate of drug-likeness (QED) is 0.613. The predicted molar refractivity (Wildman–Crippen MR) is 116 cm³/mol. The van der Waals surface area contributed by atoms with E-state index in [1.165, 1.54) is 12.4 Å². The molecule has 2 heterocycles. The van der Waals surface area contributed by atoms with Gasteiger partial charge in [0.1, 0.15) is 12.2 Å². The predicted octanol–water partition coefficient (Wildman–Crippen LogP) is 3.94. The zero-order chi connectivity index (χ0) is 21.5. The normalized spacial score (nSPS) is 16.0. The van der Waals surface area contributed by atoms with Crippen molar-refractivity contribution in [3.8, 4) is 11.9 Å². The molecule has 0 aliphatic carbocycles. The van der Waals surface area contributed by atoms with Crippen molar-refractivity contribution >= 4 is 5.91 Å². The summed E-state index contributed by atoms with van der Waals surface area (Å²) in [5.41, 5.74) is 2.43. The van der Waals surface area contributed by atoms with Crippen LogP contribution in [0.4, 0.5) is 0 Å². The van der Waals surface area contributed by atoms with Crippen molar-refractivity contribution in [3.63, 3.8) is 0 Å². The number of likely N-dealkylation sites (tertiary alicyclic amines) is 1. The highest BCUT2D eigenvalue weighted by molar-refractivity contribution is 5.78. The van der Waals surface area contributed by atoms with Crippen molar-refractivity contribution in [2.75, 3.05) is 13.1 Å². The van der Waals surface area contributed by atoms with Gasteiger partial charge in [0.05, 0.1) is 6.54 Å². The number of hydrogen-bond donors (Lipinski definition) is 0. The van der Waals surface area contributed by atoms with Crippen LogP contribution in [0.15, 0.2) is 73.1 Å². The summed E-state index contributed by atoms with van der Waals surface area (Å²) in [4.78, 5) is 23.3. The highest BCUT2D eigenvalue weighted by atomic mass is 16.5. The summed E-state index contributed by atoms with van der Waals surface area (Å²) in [6.07, 6.45) is 4.83. The lowest BCUT2D eigenvalue weighted by Crippen LogP contribution is -2.45. The lowest BCUT2D eigenvalue weighted by Gasteiger charge is -2.33. The Labute approximate surface area is 182 Å². The van der Waals surface area contributed by atoms with Gasteiger partial charge in [0.2, 0.25) is 11.6 Å². The van der Waals surface area contributed by atoms with E-state index in [1.54, 1.807) is 0 Å². The molecule has 1 atom stereocenters. The van der Waals surface area contributed by atoms with Crippen LogP contribution in [-0.2, 0) is 4.79 Å². The number of piperidine rings is 1. The maximum Gasteiger partial charge on any atom is 0.251 e. The van der Waals surface area contributed by atoms with E-state index in [0.717, 1.165) is 24.0 Å². The Balaban J connectivity index is 1.47. The van der Waals surface area contributed by atoms with Gasteiger partial charge in [-0.3, -0.25) is 4.79 Å². The standard InChI is InChI=1S/C25H24N4O2/c26-17-23-25(28-14-13-27-23)31-21-12-7-15-29(18-21)24(30)16-22(19-8-3-1-4-9-19)20-10-5-2-6-11-20/h1-6,8-11,13-14,21-22H,7,12,15-16,18H2. The van der Waals surface area contributed by atoms with Gasteiger partial charge in [0.25, 0.3) is 5.88 Å². The van der Waals surface area contributed by atoms with Gasteiger partial charge in [-0.25, -0.2) is 9.97 Å². The minimum absolute atomic E-state index is 0.00127. The number of benzene rings is 2. The van der Waals surface area contributed by atoms with Crippen LogP contribution in [-0.4, -0.2) is 40.0 Å². The second kappa shape index (κ2) is 9.86. The average molecular weight is 412 g/mol. The summed E-state index contributed by atoms with van der Waals surface area (Å²) in [7, 11) is 0. The lowest BCUT2D eigenvalue weighted by molar-refractivity contribution is -0.134. The third kappa shape index (κ3) is 5.07. The average Bonchev–Trinajstić information content (AvgIpc) is 2.84. The molecule has 0 saturated carbocycles. The summed E-state index contributed by atoms with van der Waals surface area (Å²) in [6, 6.07) is 22.3. The number of nitrogens with zero attached hydrogens (tertiary/aromatic N) is 4. The van der Waals surface area contributed by atoms with E-state index in [4.69, 9.17) is 4.74 Å². The van der Waals surface area contributed by atoms with Gasteiger partial charge < -0.3 is 9.64 Å². The summed E-state index contributed by atoms with van der Waals surface area (Å²) >= 11 is 0. The Morgan fingerprint density at radius 2 is 1.71 bits per heavy atom. The molecular formula is C25H24N4O2. The minimum atomic E-state index is -0.201. The minimum Gasteiger partial charge on any atom is -0.470 e. The van der Waals surface area contributed by atoms with Gasteiger partial charge in [-0.1, -0.05) is 60.7 Å². The zero-order valence-corrected chi connectivity index (χ0v) is 17.2. The van der Waals surface area contributed by atoms with Gasteiger partial charge in [-0.15, -0.1) is 0 Å². The maximum absolute atomic E-state index is 13.3. The summed E-state index contributed by atoms with van der Waals surface area (Å²) in [5.74, 6) is 0.336. The van der Waals surface area contributed by atoms with E-state index in [2.05, 4.69) is 34.2 Å². The molecule has 1 amide bonds. The molecule has 1 unspecified atom stereocenters. The number of ether oxygens (including phenoxy) is 1. The number of carbonyl (C=O) groups excluding carboxylic acids is 1. The SMILES string of the molecule is N#Cc1nccnc1OC1CCCN(C(=O)CC(c2ccccc2)c2ccccc2)C1. The van der Waals surface area contributed by atoms with Crippen molar-refractivity contribution in [2.24, 2.45) is 0 Å². The Morgan fingerprint density at radius 3 is 2.35 bits per heavy atom. The fourth-order valence-electron chi connectivity index (χ4n) is 4.01. The van der Waals surface area contributed by atoms with Crippen LogP contribution in [0.5, 0.6) is 5.88 Å². The molecular weight excluding hydrogens is 388 g/mol. The first kappa shape index (κ1) is 20.5. The van der Waals surface area contributed by atoms with E-state index in [0.29, 0.717) is 19.5 Å². The third-order valence-corrected chi connectivity index (χ3v) is 5.56. The molecule has 1 aliphatic heterocycles. The highest BCUT2D eigenvalue weighted by Gasteiger charge is 2.28. The molecule has 0 radical (unpaired) electrons. The molecule has 4 rings (SSSR count). The van der Waals surface area contributed by atoms with Crippen molar-refractivity contribution in [1.82, 2.24) is 14.9 Å². The first-order valence-electron chi connectivity index (χ1n) is 10.5. The number of carbonyl (C=O) groups is 1. The number of amides is 1. The first-order valence-corrected chi connectivity index (χ1v) is 10.5. The number of aromatic nitrogens is 2. The zero-order valence-electron chi connectivity index (χ0n) is 17.2. The smallest absolute Gasteiger partial charge is 0.251 e. The van der Waals surface area contributed by atoms with Crippen LogP contribution in [0.25, 0.3) is 0 Å². The fourth-order valence-corrected chi connectivity index (χ4v) is 4.01. The van der Waals surface area contributed by atoms with Gasteiger partial charge in [-0.05, 0) is 24.0 Å².